The summed E-state index contributed by atoms with van der Waals surface area (Å²) in [5.41, 5.74) is 2.09. The third-order valence-electron chi connectivity index (χ3n) is 4.63. The second-order valence-electron chi connectivity index (χ2n) is 6.41. The molecule has 146 valence electrons. The highest BCUT2D eigenvalue weighted by Crippen LogP contribution is 2.25. The minimum absolute atomic E-state index is 0.108. The van der Waals surface area contributed by atoms with Crippen LogP contribution in [0.4, 0.5) is 5.69 Å². The lowest BCUT2D eigenvalue weighted by Gasteiger charge is -2.22. The number of carbonyl (C=O) groups is 1. The van der Waals surface area contributed by atoms with E-state index in [1.807, 2.05) is 66.9 Å². The number of ether oxygens (including phenoxy) is 1. The number of nitrogens with zero attached hydrogens (tertiary/aromatic N) is 4. The number of carbonyl (C=O) groups excluding carboxylic acids is 1. The van der Waals surface area contributed by atoms with Gasteiger partial charge in [-0.25, -0.2) is 9.67 Å². The smallest absolute Gasteiger partial charge is 0.262 e. The van der Waals surface area contributed by atoms with Crippen LogP contribution in [0.1, 0.15) is 20.9 Å². The van der Waals surface area contributed by atoms with Crippen molar-refractivity contribution in [1.82, 2.24) is 14.8 Å². The third-order valence-corrected chi connectivity index (χ3v) is 5.49. The summed E-state index contributed by atoms with van der Waals surface area (Å²) in [6, 6.07) is 17.1. The van der Waals surface area contributed by atoms with Crippen LogP contribution in [-0.2, 0) is 6.54 Å². The Hall–Kier alpha value is -3.45. The number of hydrogen-bond acceptors (Lipinski definition) is 5. The zero-order chi connectivity index (χ0) is 20.2. The number of rotatable bonds is 6. The van der Waals surface area contributed by atoms with Crippen LogP contribution in [-0.4, -0.2) is 27.8 Å². The minimum atomic E-state index is -0.108. The molecule has 29 heavy (non-hydrogen) atoms. The monoisotopic (exact) mass is 404 g/mol. The number of hydrogen-bond donors (Lipinski definition) is 0. The zero-order valence-corrected chi connectivity index (χ0v) is 17.0. The Kier molecular flexibility index (Phi) is 5.39. The first-order chi connectivity index (χ1) is 14.2. The highest BCUT2D eigenvalue weighted by Gasteiger charge is 2.23. The molecule has 4 aromatic rings. The fraction of sp³-hybridized carbons (Fsp3) is 0.136. The first-order valence-electron chi connectivity index (χ1n) is 9.11. The van der Waals surface area contributed by atoms with E-state index >= 15 is 0 Å². The van der Waals surface area contributed by atoms with Crippen molar-refractivity contribution in [2.45, 2.75) is 13.5 Å². The van der Waals surface area contributed by atoms with E-state index in [0.717, 1.165) is 22.0 Å². The molecule has 0 aliphatic rings. The molecule has 0 saturated carbocycles. The maximum atomic E-state index is 13.5. The van der Waals surface area contributed by atoms with Gasteiger partial charge < -0.3 is 9.64 Å². The Labute approximate surface area is 173 Å². The van der Waals surface area contributed by atoms with Gasteiger partial charge in [-0.15, -0.1) is 11.3 Å². The fourth-order valence-corrected chi connectivity index (χ4v) is 3.77. The van der Waals surface area contributed by atoms with Gasteiger partial charge in [-0.05, 0) is 54.8 Å². The molecule has 7 heteroatoms. The molecule has 0 spiro atoms. The van der Waals surface area contributed by atoms with E-state index in [1.165, 1.54) is 0 Å². The normalized spacial score (nSPS) is 10.7. The van der Waals surface area contributed by atoms with Gasteiger partial charge in [0.15, 0.2) is 5.82 Å². The Balaban J connectivity index is 1.70. The van der Waals surface area contributed by atoms with Crippen molar-refractivity contribution in [3.8, 4) is 11.6 Å². The summed E-state index contributed by atoms with van der Waals surface area (Å²) >= 11 is 1.62. The molecule has 0 unspecified atom stereocenters. The fourth-order valence-electron chi connectivity index (χ4n) is 3.08. The van der Waals surface area contributed by atoms with Crippen LogP contribution >= 0.6 is 11.3 Å². The van der Waals surface area contributed by atoms with Gasteiger partial charge in [0.1, 0.15) is 5.75 Å². The molecule has 0 saturated heterocycles. The van der Waals surface area contributed by atoms with Crippen molar-refractivity contribution in [3.05, 3.63) is 88.5 Å². The quantitative estimate of drug-likeness (QED) is 0.475. The van der Waals surface area contributed by atoms with Crippen LogP contribution < -0.4 is 9.64 Å². The summed E-state index contributed by atoms with van der Waals surface area (Å²) < 4.78 is 6.93. The maximum absolute atomic E-state index is 13.5. The molecule has 0 radical (unpaired) electrons. The molecule has 0 aliphatic carbocycles. The van der Waals surface area contributed by atoms with E-state index in [4.69, 9.17) is 4.74 Å². The Morgan fingerprint density at radius 2 is 1.97 bits per heavy atom. The van der Waals surface area contributed by atoms with Gasteiger partial charge in [-0.1, -0.05) is 12.1 Å². The lowest BCUT2D eigenvalue weighted by atomic mass is 10.2. The molecule has 0 N–H and O–H groups in total. The van der Waals surface area contributed by atoms with Crippen molar-refractivity contribution in [2.24, 2.45) is 0 Å². The number of aromatic nitrogens is 3. The highest BCUT2D eigenvalue weighted by molar-refractivity contribution is 7.09. The van der Waals surface area contributed by atoms with Crippen molar-refractivity contribution in [3.63, 3.8) is 0 Å². The molecule has 6 nitrogen and oxygen atoms in total. The zero-order valence-electron chi connectivity index (χ0n) is 16.1. The number of benzene rings is 1. The van der Waals surface area contributed by atoms with Gasteiger partial charge in [0.2, 0.25) is 0 Å². The molecule has 0 bridgehead atoms. The Morgan fingerprint density at radius 3 is 2.62 bits per heavy atom. The first kappa shape index (κ1) is 18.9. The predicted molar refractivity (Wildman–Crippen MR) is 114 cm³/mol. The summed E-state index contributed by atoms with van der Waals surface area (Å²) in [4.78, 5) is 20.7. The van der Waals surface area contributed by atoms with Gasteiger partial charge >= 0.3 is 0 Å². The van der Waals surface area contributed by atoms with Gasteiger partial charge in [0, 0.05) is 16.8 Å². The van der Waals surface area contributed by atoms with Gasteiger partial charge in [0.25, 0.3) is 5.91 Å². The van der Waals surface area contributed by atoms with Crippen LogP contribution in [0, 0.1) is 6.92 Å². The lowest BCUT2D eigenvalue weighted by molar-refractivity contribution is 0.0984. The molecule has 3 heterocycles. The van der Waals surface area contributed by atoms with Crippen LogP contribution in [0.15, 0.2) is 72.4 Å². The molecular formula is C22H20N4O2S. The second-order valence-corrected chi connectivity index (χ2v) is 7.44. The number of thiophene rings is 1. The Bertz CT molecular complexity index is 1090. The van der Waals surface area contributed by atoms with E-state index in [9.17, 15) is 4.79 Å². The minimum Gasteiger partial charge on any atom is -0.497 e. The summed E-state index contributed by atoms with van der Waals surface area (Å²) in [5.74, 6) is 1.32. The molecule has 0 aliphatic heterocycles. The van der Waals surface area contributed by atoms with Gasteiger partial charge in [-0.3, -0.25) is 4.79 Å². The number of methoxy groups -OCH3 is 1. The number of amides is 1. The molecule has 0 fully saturated rings. The number of pyridine rings is 1. The van der Waals surface area contributed by atoms with Gasteiger partial charge in [0.05, 0.1) is 31.1 Å². The van der Waals surface area contributed by atoms with E-state index in [0.29, 0.717) is 17.9 Å². The second kappa shape index (κ2) is 8.28. The molecular weight excluding hydrogens is 384 g/mol. The van der Waals surface area contributed by atoms with Crippen LogP contribution in [0.25, 0.3) is 5.82 Å². The van der Waals surface area contributed by atoms with Crippen molar-refractivity contribution < 1.29 is 9.53 Å². The number of anilines is 1. The van der Waals surface area contributed by atoms with Crippen molar-refractivity contribution in [2.75, 3.05) is 12.0 Å². The average molecular weight is 404 g/mol. The summed E-state index contributed by atoms with van der Waals surface area (Å²) in [6.45, 7) is 2.36. The van der Waals surface area contributed by atoms with E-state index in [-0.39, 0.29) is 5.91 Å². The largest absolute Gasteiger partial charge is 0.497 e. The predicted octanol–water partition coefficient (Wildman–Crippen LogP) is 4.49. The SMILES string of the molecule is COc1ccc(N(Cc2cccs2)C(=O)c2cnn(-c3ccccn3)c2C)cc1. The molecule has 1 amide bonds. The van der Waals surface area contributed by atoms with Crippen LogP contribution in [0.5, 0.6) is 5.75 Å². The Morgan fingerprint density at radius 1 is 1.14 bits per heavy atom. The standard InChI is InChI=1S/C22H20N4O2S/c1-16-20(14-24-26(16)21-7-3-4-12-23-21)22(27)25(15-19-6-5-13-29-19)17-8-10-18(28-2)11-9-17/h3-14H,15H2,1-2H3. The highest BCUT2D eigenvalue weighted by atomic mass is 32.1. The van der Waals surface area contributed by atoms with Gasteiger partial charge in [-0.2, -0.15) is 5.10 Å². The van der Waals surface area contributed by atoms with Crippen molar-refractivity contribution in [1.29, 1.82) is 0 Å². The molecule has 3 aromatic heterocycles. The molecule has 1 aromatic carbocycles. The molecule has 4 rings (SSSR count). The summed E-state index contributed by atoms with van der Waals surface area (Å²) in [7, 11) is 1.62. The van der Waals surface area contributed by atoms with Crippen LogP contribution in [0.3, 0.4) is 0 Å². The molecule has 0 atom stereocenters. The lowest BCUT2D eigenvalue weighted by Crippen LogP contribution is -2.30. The topological polar surface area (TPSA) is 60.2 Å². The average Bonchev–Trinajstić information content (AvgIpc) is 3.42. The van der Waals surface area contributed by atoms with Crippen molar-refractivity contribution >= 4 is 22.9 Å². The van der Waals surface area contributed by atoms with E-state index < -0.39 is 0 Å². The van der Waals surface area contributed by atoms with E-state index in [1.54, 1.807) is 40.4 Å². The summed E-state index contributed by atoms with van der Waals surface area (Å²) in [5, 5.41) is 6.41. The third kappa shape index (κ3) is 3.90. The summed E-state index contributed by atoms with van der Waals surface area (Å²) in [6.07, 6.45) is 3.32. The van der Waals surface area contributed by atoms with E-state index in [2.05, 4.69) is 10.1 Å². The first-order valence-corrected chi connectivity index (χ1v) is 9.99. The maximum Gasteiger partial charge on any atom is 0.262 e. The van der Waals surface area contributed by atoms with Crippen LogP contribution in [0.2, 0.25) is 0 Å².